The number of aliphatic carboxylic acids is 1. The zero-order chi connectivity index (χ0) is 15.8. The summed E-state index contributed by atoms with van der Waals surface area (Å²) in [5, 5.41) is 9.96. The van der Waals surface area contributed by atoms with Crippen LogP contribution in [0.5, 0.6) is 0 Å². The fourth-order valence-electron chi connectivity index (χ4n) is 1.85. The molecule has 1 heterocycles. The van der Waals surface area contributed by atoms with Crippen LogP contribution in [0, 0.1) is 0 Å². The number of hydrogen-bond acceptors (Lipinski definition) is 5. The third kappa shape index (κ3) is 3.92. The monoisotopic (exact) mass is 399 g/mol. The van der Waals surface area contributed by atoms with E-state index in [4.69, 9.17) is 0 Å². The van der Waals surface area contributed by atoms with E-state index in [2.05, 4.69) is 20.9 Å². The average molecular weight is 400 g/mol. The Bertz CT molecular complexity index is 811. The number of carboxylic acids is 1. The molecule has 0 aliphatic heterocycles. The van der Waals surface area contributed by atoms with Crippen LogP contribution in [0.2, 0.25) is 0 Å². The van der Waals surface area contributed by atoms with Crippen molar-refractivity contribution in [3.8, 4) is 0 Å². The summed E-state index contributed by atoms with van der Waals surface area (Å²) in [6, 6.07) is 5.68. The summed E-state index contributed by atoms with van der Waals surface area (Å²) in [5.74, 6) is -1.33. The number of fused-ring (bicyclic) bond motifs is 1. The van der Waals surface area contributed by atoms with Crippen molar-refractivity contribution in [2.75, 3.05) is 6.26 Å². The van der Waals surface area contributed by atoms with Crippen molar-refractivity contribution in [1.82, 2.24) is 4.98 Å². The van der Waals surface area contributed by atoms with Gasteiger partial charge >= 0.3 is 24.8 Å². The molecule has 0 amide bonds. The summed E-state index contributed by atoms with van der Waals surface area (Å²) in [6.45, 7) is 1.24. The van der Waals surface area contributed by atoms with Gasteiger partial charge in [0, 0.05) is 17.1 Å². The molecular weight excluding hydrogens is 385 g/mol. The van der Waals surface area contributed by atoms with Gasteiger partial charge in [0.1, 0.15) is 0 Å². The van der Waals surface area contributed by atoms with E-state index in [1.165, 1.54) is 18.3 Å². The number of carboxylic acid groups (broad SMARTS) is 1. The Kier molecular flexibility index (Phi) is 6.27. The maximum atomic E-state index is 11.7. The van der Waals surface area contributed by atoms with Gasteiger partial charge in [0.15, 0.2) is 14.6 Å². The van der Waals surface area contributed by atoms with Crippen molar-refractivity contribution in [2.45, 2.75) is 24.5 Å². The largest absolute Gasteiger partial charge is 1.00 e. The first-order valence-electron chi connectivity index (χ1n) is 6.11. The topological polar surface area (TPSA) is 84.3 Å². The van der Waals surface area contributed by atoms with E-state index in [1.54, 1.807) is 0 Å². The van der Waals surface area contributed by atoms with Crippen molar-refractivity contribution >= 4 is 53.3 Å². The molecule has 0 aliphatic rings. The smallest absolute Gasteiger partial charge is 1.00 e. The first-order valence-corrected chi connectivity index (χ1v) is 9.61. The molecule has 22 heavy (non-hydrogen) atoms. The molecule has 0 aliphatic carbocycles. The van der Waals surface area contributed by atoms with Crippen molar-refractivity contribution in [3.05, 3.63) is 27.7 Å². The van der Waals surface area contributed by atoms with Crippen molar-refractivity contribution in [3.63, 3.8) is 0 Å². The number of aryl methyl sites for hydroxylation is 1. The van der Waals surface area contributed by atoms with Crippen LogP contribution in [0.3, 0.4) is 0 Å². The van der Waals surface area contributed by atoms with Crippen LogP contribution in [0.1, 0.15) is 19.8 Å². The number of halogens is 1. The maximum Gasteiger partial charge on any atom is 1.00 e. The van der Waals surface area contributed by atoms with Crippen LogP contribution in [0.4, 0.5) is 0 Å². The van der Waals surface area contributed by atoms with Gasteiger partial charge in [0.2, 0.25) is 0 Å². The SMILES string of the molecule is C[C@@](CCc1nc2ccc(Br)cc2s1)(C(=O)O)S(C)(=O)=O.[H-].[Li+]. The van der Waals surface area contributed by atoms with E-state index in [-0.39, 0.29) is 26.7 Å². The molecule has 0 unspecified atom stereocenters. The van der Waals surface area contributed by atoms with Gasteiger partial charge in [-0.1, -0.05) is 15.9 Å². The number of hydrogen-bond donors (Lipinski definition) is 1. The Balaban J connectivity index is 0.00000242. The molecule has 1 N–H and O–H groups in total. The van der Waals surface area contributed by atoms with Crippen LogP contribution in [0.15, 0.2) is 22.7 Å². The predicted molar refractivity (Wildman–Crippen MR) is 87.6 cm³/mol. The molecular formula is C13H15BrLiNO4S2. The molecule has 0 bridgehead atoms. The fourth-order valence-corrected chi connectivity index (χ4v) is 4.16. The Morgan fingerprint density at radius 3 is 2.68 bits per heavy atom. The summed E-state index contributed by atoms with van der Waals surface area (Å²) in [7, 11) is -3.70. The molecule has 0 saturated heterocycles. The molecule has 0 saturated carbocycles. The van der Waals surface area contributed by atoms with Crippen LogP contribution in [-0.2, 0) is 21.1 Å². The molecule has 5 nitrogen and oxygen atoms in total. The standard InChI is InChI=1S/C13H14BrNO4S2.Li.H/c1-13(12(16)17,21(2,18)19)6-5-11-15-9-4-3-8(14)7-10(9)20-11;;/h3-4,7H,5-6H2,1-2H3,(H,16,17);;/q;+1;-1/t13-;;/m1../s1. The molecule has 1 atom stereocenters. The summed E-state index contributed by atoms with van der Waals surface area (Å²) < 4.78 is 23.6. The molecule has 2 rings (SSSR count). The number of sulfone groups is 1. The molecule has 9 heteroatoms. The second-order valence-electron chi connectivity index (χ2n) is 5.03. The molecule has 2 aromatic rings. The maximum absolute atomic E-state index is 11.7. The summed E-state index contributed by atoms with van der Waals surface area (Å²) in [5.41, 5.74) is 0.828. The van der Waals surface area contributed by atoms with Crippen LogP contribution in [0.25, 0.3) is 10.2 Å². The van der Waals surface area contributed by atoms with Crippen LogP contribution < -0.4 is 18.9 Å². The van der Waals surface area contributed by atoms with E-state index >= 15 is 0 Å². The zero-order valence-electron chi connectivity index (χ0n) is 13.5. The zero-order valence-corrected chi connectivity index (χ0v) is 15.7. The molecule has 1 aromatic carbocycles. The summed E-state index contributed by atoms with van der Waals surface area (Å²) >= 11 is 4.83. The minimum Gasteiger partial charge on any atom is -1.00 e. The molecule has 1 aromatic heterocycles. The Morgan fingerprint density at radius 1 is 1.50 bits per heavy atom. The number of thiazole rings is 1. The quantitative estimate of drug-likeness (QED) is 0.715. The summed E-state index contributed by atoms with van der Waals surface area (Å²) in [6.07, 6.45) is 1.27. The van der Waals surface area contributed by atoms with E-state index in [9.17, 15) is 18.3 Å². The first kappa shape index (κ1) is 19.7. The van der Waals surface area contributed by atoms with E-state index in [0.717, 1.165) is 26.0 Å². The molecule has 0 fully saturated rings. The van der Waals surface area contributed by atoms with Crippen LogP contribution >= 0.6 is 27.3 Å². The first-order chi connectivity index (χ1) is 9.63. The minimum atomic E-state index is -3.70. The Morgan fingerprint density at radius 2 is 2.14 bits per heavy atom. The van der Waals surface area contributed by atoms with E-state index in [0.29, 0.717) is 6.42 Å². The Hall–Kier alpha value is -0.393. The second kappa shape index (κ2) is 7.01. The van der Waals surface area contributed by atoms with Crippen molar-refractivity contribution < 1.29 is 38.6 Å². The third-order valence-corrected chi connectivity index (χ3v) is 7.07. The number of benzene rings is 1. The average Bonchev–Trinajstić information content (AvgIpc) is 2.76. The van der Waals surface area contributed by atoms with Crippen molar-refractivity contribution in [1.29, 1.82) is 0 Å². The van der Waals surface area contributed by atoms with Gasteiger partial charge in [0.25, 0.3) is 0 Å². The number of nitrogens with zero attached hydrogens (tertiary/aromatic N) is 1. The van der Waals surface area contributed by atoms with Gasteiger partial charge in [-0.3, -0.25) is 4.79 Å². The van der Waals surface area contributed by atoms with E-state index in [1.807, 2.05) is 18.2 Å². The number of rotatable bonds is 5. The second-order valence-corrected chi connectivity index (χ2v) is 9.50. The van der Waals surface area contributed by atoms with Crippen LogP contribution in [-0.4, -0.2) is 35.5 Å². The van der Waals surface area contributed by atoms with Gasteiger partial charge in [-0.15, -0.1) is 11.3 Å². The normalized spacial score (nSPS) is 14.3. The van der Waals surface area contributed by atoms with Gasteiger partial charge in [-0.2, -0.15) is 0 Å². The fraction of sp³-hybridized carbons (Fsp3) is 0.385. The molecule has 116 valence electrons. The molecule has 0 radical (unpaired) electrons. The third-order valence-electron chi connectivity index (χ3n) is 3.48. The number of aromatic nitrogens is 1. The number of carbonyl (C=O) groups is 1. The Labute approximate surface area is 154 Å². The minimum absolute atomic E-state index is 0. The molecule has 0 spiro atoms. The summed E-state index contributed by atoms with van der Waals surface area (Å²) in [4.78, 5) is 15.7. The van der Waals surface area contributed by atoms with Crippen molar-refractivity contribution in [2.24, 2.45) is 0 Å². The van der Waals surface area contributed by atoms with Gasteiger partial charge in [0.05, 0.1) is 15.2 Å². The van der Waals surface area contributed by atoms with Gasteiger partial charge in [-0.05, 0) is 31.5 Å². The van der Waals surface area contributed by atoms with E-state index < -0.39 is 20.6 Å². The predicted octanol–water partition coefficient (Wildman–Crippen LogP) is -0.00420. The van der Waals surface area contributed by atoms with Gasteiger partial charge in [-0.25, -0.2) is 13.4 Å². The van der Waals surface area contributed by atoms with Gasteiger partial charge < -0.3 is 6.53 Å².